The van der Waals surface area contributed by atoms with Gasteiger partial charge in [-0.05, 0) is 25.5 Å². The fraction of sp³-hybridized carbons (Fsp3) is 0.250. The molecule has 0 aliphatic rings. The van der Waals surface area contributed by atoms with Crippen molar-refractivity contribution in [1.29, 1.82) is 0 Å². The first kappa shape index (κ1) is 9.77. The van der Waals surface area contributed by atoms with Crippen LogP contribution >= 0.6 is 0 Å². The molecule has 2 N–H and O–H groups in total. The van der Waals surface area contributed by atoms with Gasteiger partial charge in [0.15, 0.2) is 0 Å². The minimum absolute atomic E-state index is 0.354. The zero-order valence-electron chi connectivity index (χ0n) is 9.16. The third-order valence-electron chi connectivity index (χ3n) is 2.97. The fourth-order valence-electron chi connectivity index (χ4n) is 2.09. The molecule has 0 atom stereocenters. The number of hydrogen-bond donors (Lipinski definition) is 1. The van der Waals surface area contributed by atoms with Crippen molar-refractivity contribution in [3.05, 3.63) is 35.0 Å². The summed E-state index contributed by atoms with van der Waals surface area (Å²) in [6, 6.07) is 5.98. The number of nitrogens with two attached hydrogens (primary N) is 1. The number of hydrogen-bond acceptors (Lipinski definition) is 1. The van der Waals surface area contributed by atoms with Crippen LogP contribution in [-0.2, 0) is 7.05 Å². The van der Waals surface area contributed by atoms with Crippen LogP contribution in [0.1, 0.15) is 21.6 Å². The van der Waals surface area contributed by atoms with Gasteiger partial charge in [-0.15, -0.1) is 0 Å². The highest BCUT2D eigenvalue weighted by Gasteiger charge is 2.16. The van der Waals surface area contributed by atoms with E-state index in [1.807, 2.05) is 43.7 Å². The van der Waals surface area contributed by atoms with Gasteiger partial charge < -0.3 is 10.3 Å². The molecule has 0 aliphatic carbocycles. The topological polar surface area (TPSA) is 48.0 Å². The number of primary amides is 1. The Balaban J connectivity index is 3.02. The van der Waals surface area contributed by atoms with Crippen molar-refractivity contribution < 1.29 is 4.79 Å². The molecular weight excluding hydrogens is 188 g/mol. The number of aromatic nitrogens is 1. The van der Waals surface area contributed by atoms with Gasteiger partial charge in [0.2, 0.25) is 0 Å². The van der Waals surface area contributed by atoms with Crippen molar-refractivity contribution in [3.8, 4) is 0 Å². The summed E-state index contributed by atoms with van der Waals surface area (Å²) in [5, 5.41) is 0.977. The second kappa shape index (κ2) is 3.12. The minimum atomic E-state index is -0.354. The summed E-state index contributed by atoms with van der Waals surface area (Å²) in [6.45, 7) is 3.91. The highest BCUT2D eigenvalue weighted by Crippen LogP contribution is 2.27. The molecule has 1 amide bonds. The average molecular weight is 202 g/mol. The molecular formula is C12H14N2O. The predicted octanol–water partition coefficient (Wildman–Crippen LogP) is 1.89. The van der Waals surface area contributed by atoms with Gasteiger partial charge in [0.1, 0.15) is 0 Å². The summed E-state index contributed by atoms with van der Waals surface area (Å²) in [4.78, 5) is 11.4. The molecule has 78 valence electrons. The molecule has 0 saturated carbocycles. The number of benzene rings is 1. The van der Waals surface area contributed by atoms with Crippen LogP contribution in [-0.4, -0.2) is 10.5 Å². The Hall–Kier alpha value is -1.77. The average Bonchev–Trinajstić information content (AvgIpc) is 2.43. The van der Waals surface area contributed by atoms with Gasteiger partial charge in [0.05, 0.1) is 5.56 Å². The van der Waals surface area contributed by atoms with Crippen LogP contribution in [0.25, 0.3) is 10.9 Å². The van der Waals surface area contributed by atoms with Gasteiger partial charge in [-0.2, -0.15) is 0 Å². The van der Waals surface area contributed by atoms with E-state index >= 15 is 0 Å². The molecule has 2 aromatic rings. The summed E-state index contributed by atoms with van der Waals surface area (Å²) in [7, 11) is 1.95. The van der Waals surface area contributed by atoms with Crippen LogP contribution in [0.15, 0.2) is 18.2 Å². The van der Waals surface area contributed by atoms with Crippen LogP contribution < -0.4 is 5.73 Å². The van der Waals surface area contributed by atoms with Crippen LogP contribution in [0.3, 0.4) is 0 Å². The van der Waals surface area contributed by atoms with Crippen molar-refractivity contribution in [2.45, 2.75) is 13.8 Å². The molecule has 0 bridgehead atoms. The van der Waals surface area contributed by atoms with Crippen LogP contribution in [0.5, 0.6) is 0 Å². The molecule has 2 rings (SSSR count). The number of rotatable bonds is 1. The van der Waals surface area contributed by atoms with E-state index in [-0.39, 0.29) is 5.91 Å². The Morgan fingerprint density at radius 2 is 2.00 bits per heavy atom. The number of amides is 1. The van der Waals surface area contributed by atoms with Gasteiger partial charge in [-0.25, -0.2) is 0 Å². The standard InChI is InChI=1S/C12H14N2O/c1-7-5-4-6-9-10(7)11(12(13)15)8(2)14(9)3/h4-6H,1-3H3,(H2,13,15). The maximum Gasteiger partial charge on any atom is 0.251 e. The van der Waals surface area contributed by atoms with E-state index in [0.717, 1.165) is 22.2 Å². The van der Waals surface area contributed by atoms with E-state index in [4.69, 9.17) is 5.73 Å². The normalized spacial score (nSPS) is 10.9. The van der Waals surface area contributed by atoms with E-state index in [2.05, 4.69) is 0 Å². The number of nitrogens with zero attached hydrogens (tertiary/aromatic N) is 1. The van der Waals surface area contributed by atoms with Crippen LogP contribution in [0.2, 0.25) is 0 Å². The van der Waals surface area contributed by atoms with Gasteiger partial charge in [-0.1, -0.05) is 12.1 Å². The van der Waals surface area contributed by atoms with E-state index in [9.17, 15) is 4.79 Å². The fourth-order valence-corrected chi connectivity index (χ4v) is 2.09. The molecule has 0 saturated heterocycles. The number of carbonyl (C=O) groups excluding carboxylic acids is 1. The molecule has 15 heavy (non-hydrogen) atoms. The second-order valence-electron chi connectivity index (χ2n) is 3.85. The van der Waals surface area contributed by atoms with Crippen molar-refractivity contribution in [2.75, 3.05) is 0 Å². The first-order valence-electron chi connectivity index (χ1n) is 4.88. The van der Waals surface area contributed by atoms with Gasteiger partial charge in [0, 0.05) is 23.6 Å². The number of aryl methyl sites for hydroxylation is 2. The zero-order valence-corrected chi connectivity index (χ0v) is 9.16. The molecule has 1 aromatic carbocycles. The first-order valence-corrected chi connectivity index (χ1v) is 4.88. The number of carbonyl (C=O) groups is 1. The summed E-state index contributed by atoms with van der Waals surface area (Å²) in [5.41, 5.74) is 9.12. The van der Waals surface area contributed by atoms with Gasteiger partial charge in [0.25, 0.3) is 5.91 Å². The quantitative estimate of drug-likeness (QED) is 0.754. The molecule has 0 aliphatic heterocycles. The van der Waals surface area contributed by atoms with Crippen molar-refractivity contribution in [3.63, 3.8) is 0 Å². The SMILES string of the molecule is Cc1cccc2c1c(C(N)=O)c(C)n2C. The Labute approximate surface area is 88.5 Å². The molecule has 0 spiro atoms. The minimum Gasteiger partial charge on any atom is -0.366 e. The van der Waals surface area contributed by atoms with E-state index in [1.54, 1.807) is 0 Å². The highest BCUT2D eigenvalue weighted by atomic mass is 16.1. The molecule has 3 heteroatoms. The van der Waals surface area contributed by atoms with Crippen LogP contribution in [0, 0.1) is 13.8 Å². The van der Waals surface area contributed by atoms with Gasteiger partial charge >= 0.3 is 0 Å². The lowest BCUT2D eigenvalue weighted by Crippen LogP contribution is -2.12. The Kier molecular flexibility index (Phi) is 2.03. The summed E-state index contributed by atoms with van der Waals surface area (Å²) < 4.78 is 2.00. The van der Waals surface area contributed by atoms with Crippen molar-refractivity contribution in [2.24, 2.45) is 12.8 Å². The smallest absolute Gasteiger partial charge is 0.251 e. The summed E-state index contributed by atoms with van der Waals surface area (Å²) >= 11 is 0. The second-order valence-corrected chi connectivity index (χ2v) is 3.85. The Morgan fingerprint density at radius 3 is 2.60 bits per heavy atom. The molecule has 1 heterocycles. The molecule has 0 radical (unpaired) electrons. The lowest BCUT2D eigenvalue weighted by Gasteiger charge is -1.98. The van der Waals surface area contributed by atoms with Crippen molar-refractivity contribution in [1.82, 2.24) is 4.57 Å². The van der Waals surface area contributed by atoms with E-state index in [1.165, 1.54) is 0 Å². The molecule has 1 aromatic heterocycles. The summed E-state index contributed by atoms with van der Waals surface area (Å²) in [6.07, 6.45) is 0. The maximum absolute atomic E-state index is 11.4. The van der Waals surface area contributed by atoms with Gasteiger partial charge in [-0.3, -0.25) is 4.79 Å². The van der Waals surface area contributed by atoms with E-state index < -0.39 is 0 Å². The molecule has 0 unspecified atom stereocenters. The maximum atomic E-state index is 11.4. The number of fused-ring (bicyclic) bond motifs is 1. The first-order chi connectivity index (χ1) is 7.04. The lowest BCUT2D eigenvalue weighted by atomic mass is 10.1. The highest BCUT2D eigenvalue weighted by molar-refractivity contribution is 6.08. The van der Waals surface area contributed by atoms with Crippen LogP contribution in [0.4, 0.5) is 0 Å². The lowest BCUT2D eigenvalue weighted by molar-refractivity contribution is 0.100. The summed E-state index contributed by atoms with van der Waals surface area (Å²) in [5.74, 6) is -0.354. The third-order valence-corrected chi connectivity index (χ3v) is 2.97. The zero-order chi connectivity index (χ0) is 11.2. The Morgan fingerprint density at radius 1 is 1.33 bits per heavy atom. The Bertz CT molecular complexity index is 552. The van der Waals surface area contributed by atoms with Crippen molar-refractivity contribution >= 4 is 16.8 Å². The third kappa shape index (κ3) is 1.23. The van der Waals surface area contributed by atoms with E-state index in [0.29, 0.717) is 5.56 Å². The largest absolute Gasteiger partial charge is 0.366 e. The molecule has 0 fully saturated rings. The monoisotopic (exact) mass is 202 g/mol. The predicted molar refractivity (Wildman–Crippen MR) is 60.9 cm³/mol. The molecule has 3 nitrogen and oxygen atoms in total.